The van der Waals surface area contributed by atoms with Gasteiger partial charge in [-0.05, 0) is 61.1 Å². The van der Waals surface area contributed by atoms with Crippen molar-refractivity contribution in [2.75, 3.05) is 24.5 Å². The van der Waals surface area contributed by atoms with Gasteiger partial charge in [0.1, 0.15) is 6.54 Å². The largest absolute Gasteiger partial charge is 0.331 e. The topological polar surface area (TPSA) is 52.6 Å². The molecule has 1 atom stereocenters. The Bertz CT molecular complexity index is 873. The van der Waals surface area contributed by atoms with Crippen molar-refractivity contribution in [3.05, 3.63) is 64.7 Å². The van der Waals surface area contributed by atoms with Gasteiger partial charge in [0.2, 0.25) is 5.91 Å². The lowest BCUT2D eigenvalue weighted by Gasteiger charge is -2.35. The lowest BCUT2D eigenvalue weighted by molar-refractivity contribution is -0.120. The van der Waals surface area contributed by atoms with Crippen LogP contribution in [0.25, 0.3) is 0 Å². The molecule has 0 unspecified atom stereocenters. The number of hydrogen-bond acceptors (Lipinski definition) is 2. The molecule has 3 amide bonds. The molecule has 0 bridgehead atoms. The van der Waals surface area contributed by atoms with Crippen molar-refractivity contribution in [2.24, 2.45) is 0 Å². The Kier molecular flexibility index (Phi) is 4.60. The summed E-state index contributed by atoms with van der Waals surface area (Å²) in [6.07, 6.45) is 1.90. The van der Waals surface area contributed by atoms with Gasteiger partial charge in [-0.2, -0.15) is 0 Å². The molecule has 2 aromatic carbocycles. The number of benzene rings is 2. The minimum Gasteiger partial charge on any atom is -0.331 e. The first-order chi connectivity index (χ1) is 13.0. The van der Waals surface area contributed by atoms with Crippen LogP contribution in [0.5, 0.6) is 0 Å². The number of fused-ring (bicyclic) bond motifs is 1. The molecule has 1 aliphatic heterocycles. The smallest absolute Gasteiger partial charge is 0.318 e. The van der Waals surface area contributed by atoms with E-state index in [9.17, 15) is 9.59 Å². The van der Waals surface area contributed by atoms with Crippen LogP contribution < -0.4 is 10.2 Å². The highest BCUT2D eigenvalue weighted by molar-refractivity contribution is 5.98. The Morgan fingerprint density at radius 1 is 1.07 bits per heavy atom. The predicted octanol–water partition coefficient (Wildman–Crippen LogP) is 3.35. The van der Waals surface area contributed by atoms with E-state index in [1.165, 1.54) is 11.1 Å². The molecule has 0 saturated carbocycles. The number of carbonyl (C=O) groups is 2. The fourth-order valence-electron chi connectivity index (χ4n) is 4.17. The van der Waals surface area contributed by atoms with Gasteiger partial charge in [0.05, 0.1) is 6.04 Å². The summed E-state index contributed by atoms with van der Waals surface area (Å²) < 4.78 is 0. The van der Waals surface area contributed by atoms with Crippen LogP contribution in [0.2, 0.25) is 0 Å². The number of piperazine rings is 1. The standard InChI is InChI=1S/C22H25N3O2/c1-15-11-16(2)13-18(12-15)25-10-9-24(14-21(25)26)22(27)23-20-8-7-17-5-3-4-6-19(17)20/h3-6,11-13,20H,7-10,14H2,1-2H3,(H,23,27)/t20-/m0/s1. The van der Waals surface area contributed by atoms with Gasteiger partial charge in [0.15, 0.2) is 0 Å². The first-order valence-corrected chi connectivity index (χ1v) is 9.53. The van der Waals surface area contributed by atoms with E-state index in [2.05, 4.69) is 23.5 Å². The van der Waals surface area contributed by atoms with E-state index in [4.69, 9.17) is 0 Å². The summed E-state index contributed by atoms with van der Waals surface area (Å²) in [6, 6.07) is 14.3. The van der Waals surface area contributed by atoms with Crippen LogP contribution in [0.1, 0.15) is 34.7 Å². The third-order valence-corrected chi connectivity index (χ3v) is 5.46. The Morgan fingerprint density at radius 2 is 1.81 bits per heavy atom. The number of hydrogen-bond donors (Lipinski definition) is 1. The molecule has 0 spiro atoms. The molecule has 27 heavy (non-hydrogen) atoms. The molecule has 5 heteroatoms. The Balaban J connectivity index is 1.41. The quantitative estimate of drug-likeness (QED) is 0.890. The highest BCUT2D eigenvalue weighted by atomic mass is 16.2. The van der Waals surface area contributed by atoms with Crippen molar-refractivity contribution < 1.29 is 9.59 Å². The Labute approximate surface area is 160 Å². The molecule has 2 aromatic rings. The zero-order valence-electron chi connectivity index (χ0n) is 15.9. The fourth-order valence-corrected chi connectivity index (χ4v) is 4.17. The SMILES string of the molecule is Cc1cc(C)cc(N2CCN(C(=O)N[C@H]3CCc4ccccc43)CC2=O)c1. The van der Waals surface area contributed by atoms with Crippen molar-refractivity contribution in [2.45, 2.75) is 32.7 Å². The van der Waals surface area contributed by atoms with Crippen molar-refractivity contribution in [1.82, 2.24) is 10.2 Å². The number of nitrogens with zero attached hydrogens (tertiary/aromatic N) is 2. The predicted molar refractivity (Wildman–Crippen MR) is 106 cm³/mol. The molecule has 5 nitrogen and oxygen atoms in total. The number of rotatable bonds is 2. The van der Waals surface area contributed by atoms with Gasteiger partial charge in [-0.3, -0.25) is 4.79 Å². The molecular formula is C22H25N3O2. The van der Waals surface area contributed by atoms with Crippen molar-refractivity contribution >= 4 is 17.6 Å². The zero-order chi connectivity index (χ0) is 19.0. The number of carbonyl (C=O) groups excluding carboxylic acids is 2. The maximum Gasteiger partial charge on any atom is 0.318 e. The maximum absolute atomic E-state index is 12.7. The van der Waals surface area contributed by atoms with E-state index in [1.54, 1.807) is 9.80 Å². The average molecular weight is 363 g/mol. The molecule has 2 aliphatic rings. The molecule has 1 N–H and O–H groups in total. The van der Waals surface area contributed by atoms with Gasteiger partial charge in [0.25, 0.3) is 0 Å². The molecule has 140 valence electrons. The second-order valence-electron chi connectivity index (χ2n) is 7.55. The van der Waals surface area contributed by atoms with Crippen LogP contribution in [0.4, 0.5) is 10.5 Å². The normalized spacial score (nSPS) is 19.2. The van der Waals surface area contributed by atoms with Crippen molar-refractivity contribution in [3.63, 3.8) is 0 Å². The summed E-state index contributed by atoms with van der Waals surface area (Å²) in [6.45, 7) is 5.25. The molecule has 1 saturated heterocycles. The second kappa shape index (κ2) is 7.06. The Hall–Kier alpha value is -2.82. The number of urea groups is 1. The molecular weight excluding hydrogens is 338 g/mol. The molecule has 0 aromatic heterocycles. The third-order valence-electron chi connectivity index (χ3n) is 5.46. The first-order valence-electron chi connectivity index (χ1n) is 9.53. The van der Waals surface area contributed by atoms with Crippen LogP contribution in [-0.2, 0) is 11.2 Å². The summed E-state index contributed by atoms with van der Waals surface area (Å²) in [5.74, 6) is -0.0341. The van der Waals surface area contributed by atoms with Crippen molar-refractivity contribution in [1.29, 1.82) is 0 Å². The van der Waals surface area contributed by atoms with Crippen LogP contribution in [0.3, 0.4) is 0 Å². The van der Waals surface area contributed by atoms with E-state index >= 15 is 0 Å². The van der Waals surface area contributed by atoms with Crippen molar-refractivity contribution in [3.8, 4) is 0 Å². The molecule has 0 radical (unpaired) electrons. The molecule has 1 heterocycles. The highest BCUT2D eigenvalue weighted by Crippen LogP contribution is 2.31. The highest BCUT2D eigenvalue weighted by Gasteiger charge is 2.31. The summed E-state index contributed by atoms with van der Waals surface area (Å²) >= 11 is 0. The van der Waals surface area contributed by atoms with E-state index in [-0.39, 0.29) is 24.5 Å². The van der Waals surface area contributed by atoms with Gasteiger partial charge >= 0.3 is 6.03 Å². The molecule has 4 rings (SSSR count). The van der Waals surface area contributed by atoms with E-state index in [1.807, 2.05) is 38.1 Å². The molecule has 1 fully saturated rings. The lowest BCUT2D eigenvalue weighted by Crippen LogP contribution is -2.55. The number of amides is 3. The Morgan fingerprint density at radius 3 is 2.56 bits per heavy atom. The minimum absolute atomic E-state index is 0.0341. The fraction of sp³-hybridized carbons (Fsp3) is 0.364. The number of aryl methyl sites for hydroxylation is 3. The van der Waals surface area contributed by atoms with Gasteiger partial charge in [-0.1, -0.05) is 30.3 Å². The van der Waals surface area contributed by atoms with E-state index in [0.717, 1.165) is 29.7 Å². The summed E-state index contributed by atoms with van der Waals surface area (Å²) in [5, 5.41) is 3.11. The second-order valence-corrected chi connectivity index (χ2v) is 7.55. The first kappa shape index (κ1) is 17.6. The number of nitrogens with one attached hydrogen (secondary N) is 1. The maximum atomic E-state index is 12.7. The van der Waals surface area contributed by atoms with Crippen LogP contribution in [0.15, 0.2) is 42.5 Å². The summed E-state index contributed by atoms with van der Waals surface area (Å²) in [4.78, 5) is 28.8. The minimum atomic E-state index is -0.148. The average Bonchev–Trinajstić information content (AvgIpc) is 3.04. The van der Waals surface area contributed by atoms with Gasteiger partial charge in [-0.25, -0.2) is 4.79 Å². The summed E-state index contributed by atoms with van der Waals surface area (Å²) in [7, 11) is 0. The summed E-state index contributed by atoms with van der Waals surface area (Å²) in [5.41, 5.74) is 5.70. The van der Waals surface area contributed by atoms with E-state index in [0.29, 0.717) is 13.1 Å². The monoisotopic (exact) mass is 363 g/mol. The lowest BCUT2D eigenvalue weighted by atomic mass is 10.1. The van der Waals surface area contributed by atoms with Crippen LogP contribution in [-0.4, -0.2) is 36.5 Å². The van der Waals surface area contributed by atoms with Gasteiger partial charge in [0, 0.05) is 18.8 Å². The van der Waals surface area contributed by atoms with Crippen LogP contribution in [0, 0.1) is 13.8 Å². The zero-order valence-corrected chi connectivity index (χ0v) is 15.9. The van der Waals surface area contributed by atoms with E-state index < -0.39 is 0 Å². The van der Waals surface area contributed by atoms with Crippen LogP contribution >= 0.6 is 0 Å². The van der Waals surface area contributed by atoms with Gasteiger partial charge < -0.3 is 15.1 Å². The third kappa shape index (κ3) is 3.54. The number of anilines is 1. The van der Waals surface area contributed by atoms with Gasteiger partial charge in [-0.15, -0.1) is 0 Å². The molecule has 1 aliphatic carbocycles.